The van der Waals surface area contributed by atoms with Crippen LogP contribution in [0.25, 0.3) is 0 Å². The number of rotatable bonds is 2. The average molecular weight is 307 g/mol. The molecule has 1 heterocycles. The van der Waals surface area contributed by atoms with E-state index in [4.69, 9.17) is 21.1 Å². The molecule has 1 aliphatic rings. The van der Waals surface area contributed by atoms with Crippen molar-refractivity contribution in [3.05, 3.63) is 57.9 Å². The second-order valence-electron chi connectivity index (χ2n) is 4.79. The SMILES string of the molecule is Cc1ccc(C(=O)c2cc3c(cc2Cl)OCCO3)c(F)c1. The minimum absolute atomic E-state index is 0.0147. The van der Waals surface area contributed by atoms with Gasteiger partial charge in [0.1, 0.15) is 19.0 Å². The summed E-state index contributed by atoms with van der Waals surface area (Å²) in [7, 11) is 0. The lowest BCUT2D eigenvalue weighted by molar-refractivity contribution is 0.103. The molecule has 0 saturated heterocycles. The van der Waals surface area contributed by atoms with Crippen molar-refractivity contribution in [3.8, 4) is 11.5 Å². The lowest BCUT2D eigenvalue weighted by Gasteiger charge is -2.19. The highest BCUT2D eigenvalue weighted by Crippen LogP contribution is 2.36. The first-order chi connectivity index (χ1) is 10.1. The molecule has 0 saturated carbocycles. The van der Waals surface area contributed by atoms with Gasteiger partial charge in [-0.25, -0.2) is 4.39 Å². The summed E-state index contributed by atoms with van der Waals surface area (Å²) in [4.78, 5) is 12.5. The molecule has 0 aliphatic carbocycles. The van der Waals surface area contributed by atoms with Crippen molar-refractivity contribution in [2.45, 2.75) is 6.92 Å². The van der Waals surface area contributed by atoms with Crippen LogP contribution >= 0.6 is 11.6 Å². The number of aryl methyl sites for hydroxylation is 1. The summed E-state index contributed by atoms with van der Waals surface area (Å²) < 4.78 is 24.8. The number of hydrogen-bond acceptors (Lipinski definition) is 3. The standard InChI is InChI=1S/C16H12ClFO3/c1-9-2-3-10(13(18)6-9)16(19)11-7-14-15(8-12(11)17)21-5-4-20-14/h2-3,6-8H,4-5H2,1H3. The molecular weight excluding hydrogens is 295 g/mol. The number of hydrogen-bond donors (Lipinski definition) is 0. The van der Waals surface area contributed by atoms with E-state index in [-0.39, 0.29) is 16.1 Å². The fourth-order valence-electron chi connectivity index (χ4n) is 2.19. The molecule has 0 aromatic heterocycles. The highest BCUT2D eigenvalue weighted by atomic mass is 35.5. The summed E-state index contributed by atoms with van der Waals surface area (Å²) >= 11 is 6.11. The number of halogens is 2. The van der Waals surface area contributed by atoms with Gasteiger partial charge in [0.25, 0.3) is 0 Å². The molecule has 5 heteroatoms. The number of benzene rings is 2. The van der Waals surface area contributed by atoms with E-state index in [1.807, 2.05) is 0 Å². The zero-order valence-corrected chi connectivity index (χ0v) is 12.0. The molecule has 0 amide bonds. The van der Waals surface area contributed by atoms with Crippen molar-refractivity contribution in [1.29, 1.82) is 0 Å². The maximum atomic E-state index is 13.9. The number of fused-ring (bicyclic) bond motifs is 1. The van der Waals surface area contributed by atoms with E-state index < -0.39 is 11.6 Å². The van der Waals surface area contributed by atoms with Gasteiger partial charge in [-0.15, -0.1) is 0 Å². The summed E-state index contributed by atoms with van der Waals surface area (Å²) in [5, 5.41) is 0.212. The number of carbonyl (C=O) groups is 1. The third-order valence-electron chi connectivity index (χ3n) is 3.25. The fourth-order valence-corrected chi connectivity index (χ4v) is 2.43. The minimum Gasteiger partial charge on any atom is -0.486 e. The molecule has 3 nitrogen and oxygen atoms in total. The van der Waals surface area contributed by atoms with Crippen LogP contribution in [-0.2, 0) is 0 Å². The van der Waals surface area contributed by atoms with Gasteiger partial charge in [0.05, 0.1) is 10.6 Å². The molecule has 3 rings (SSSR count). The summed E-state index contributed by atoms with van der Waals surface area (Å²) in [5.41, 5.74) is 0.931. The Hall–Kier alpha value is -2.07. The monoisotopic (exact) mass is 306 g/mol. The Morgan fingerprint density at radius 1 is 1.10 bits per heavy atom. The van der Waals surface area contributed by atoms with E-state index in [0.29, 0.717) is 24.7 Å². The highest BCUT2D eigenvalue weighted by Gasteiger charge is 2.21. The molecule has 2 aromatic carbocycles. The average Bonchev–Trinajstić information content (AvgIpc) is 2.46. The van der Waals surface area contributed by atoms with E-state index in [1.165, 1.54) is 24.3 Å². The van der Waals surface area contributed by atoms with Crippen LogP contribution in [0.2, 0.25) is 5.02 Å². The molecule has 0 bridgehead atoms. The molecule has 108 valence electrons. The number of ether oxygens (including phenoxy) is 2. The first-order valence-electron chi connectivity index (χ1n) is 6.46. The zero-order chi connectivity index (χ0) is 15.0. The van der Waals surface area contributed by atoms with E-state index in [9.17, 15) is 9.18 Å². The van der Waals surface area contributed by atoms with Gasteiger partial charge in [-0.05, 0) is 30.7 Å². The molecule has 0 radical (unpaired) electrons. The summed E-state index contributed by atoms with van der Waals surface area (Å²) in [6.07, 6.45) is 0. The molecule has 0 atom stereocenters. The van der Waals surface area contributed by atoms with Crippen LogP contribution in [-0.4, -0.2) is 19.0 Å². The first kappa shape index (κ1) is 13.9. The third kappa shape index (κ3) is 2.59. The van der Waals surface area contributed by atoms with Gasteiger partial charge >= 0.3 is 0 Å². The Morgan fingerprint density at radius 3 is 2.43 bits per heavy atom. The van der Waals surface area contributed by atoms with Crippen molar-refractivity contribution in [3.63, 3.8) is 0 Å². The third-order valence-corrected chi connectivity index (χ3v) is 3.56. The molecule has 21 heavy (non-hydrogen) atoms. The topological polar surface area (TPSA) is 35.5 Å². The minimum atomic E-state index is -0.564. The smallest absolute Gasteiger partial charge is 0.197 e. The Kier molecular flexibility index (Phi) is 3.55. The van der Waals surface area contributed by atoms with Crippen LogP contribution in [0.5, 0.6) is 11.5 Å². The largest absolute Gasteiger partial charge is 0.486 e. The van der Waals surface area contributed by atoms with Crippen LogP contribution in [0.4, 0.5) is 4.39 Å². The van der Waals surface area contributed by atoms with Crippen LogP contribution < -0.4 is 9.47 Å². The second-order valence-corrected chi connectivity index (χ2v) is 5.20. The van der Waals surface area contributed by atoms with E-state index in [1.54, 1.807) is 13.0 Å². The van der Waals surface area contributed by atoms with E-state index >= 15 is 0 Å². The first-order valence-corrected chi connectivity index (χ1v) is 6.84. The summed E-state index contributed by atoms with van der Waals surface area (Å²) in [6, 6.07) is 7.48. The lowest BCUT2D eigenvalue weighted by atomic mass is 10.0. The highest BCUT2D eigenvalue weighted by molar-refractivity contribution is 6.35. The molecule has 2 aromatic rings. The summed E-state index contributed by atoms with van der Waals surface area (Å²) in [5.74, 6) is -0.103. The van der Waals surface area contributed by atoms with E-state index in [0.717, 1.165) is 5.56 Å². The van der Waals surface area contributed by atoms with Crippen molar-refractivity contribution >= 4 is 17.4 Å². The van der Waals surface area contributed by atoms with Crippen molar-refractivity contribution in [1.82, 2.24) is 0 Å². The number of carbonyl (C=O) groups excluding carboxylic acids is 1. The maximum absolute atomic E-state index is 13.9. The fraction of sp³-hybridized carbons (Fsp3) is 0.188. The van der Waals surface area contributed by atoms with Gasteiger partial charge in [-0.2, -0.15) is 0 Å². The van der Waals surface area contributed by atoms with Gasteiger partial charge in [-0.3, -0.25) is 4.79 Å². The lowest BCUT2D eigenvalue weighted by Crippen LogP contribution is -2.16. The van der Waals surface area contributed by atoms with Crippen LogP contribution in [0.3, 0.4) is 0 Å². The summed E-state index contributed by atoms with van der Waals surface area (Å²) in [6.45, 7) is 2.60. The molecule has 0 fully saturated rings. The van der Waals surface area contributed by atoms with Gasteiger partial charge in [0.2, 0.25) is 0 Å². The van der Waals surface area contributed by atoms with E-state index in [2.05, 4.69) is 0 Å². The second kappa shape index (κ2) is 5.37. The number of ketones is 1. The molecule has 1 aliphatic heterocycles. The predicted molar refractivity (Wildman–Crippen MR) is 77.0 cm³/mol. The molecule has 0 spiro atoms. The Bertz CT molecular complexity index is 728. The van der Waals surface area contributed by atoms with Crippen LogP contribution in [0.1, 0.15) is 21.5 Å². The van der Waals surface area contributed by atoms with Crippen molar-refractivity contribution in [2.75, 3.05) is 13.2 Å². The van der Waals surface area contributed by atoms with Gasteiger partial charge in [-0.1, -0.05) is 17.7 Å². The normalized spacial score (nSPS) is 13.1. The van der Waals surface area contributed by atoms with Gasteiger partial charge < -0.3 is 9.47 Å². The quantitative estimate of drug-likeness (QED) is 0.792. The van der Waals surface area contributed by atoms with Crippen molar-refractivity contribution < 1.29 is 18.7 Å². The molecular formula is C16H12ClFO3. The maximum Gasteiger partial charge on any atom is 0.197 e. The Morgan fingerprint density at radius 2 is 1.76 bits per heavy atom. The molecule has 0 N–H and O–H groups in total. The Labute approximate surface area is 126 Å². The van der Waals surface area contributed by atoms with Crippen LogP contribution in [0, 0.1) is 12.7 Å². The predicted octanol–water partition coefficient (Wildman–Crippen LogP) is 3.79. The Balaban J connectivity index is 2.05. The molecule has 0 unspecified atom stereocenters. The van der Waals surface area contributed by atoms with Gasteiger partial charge in [0, 0.05) is 11.6 Å². The van der Waals surface area contributed by atoms with Crippen molar-refractivity contribution in [2.24, 2.45) is 0 Å². The zero-order valence-electron chi connectivity index (χ0n) is 11.3. The van der Waals surface area contributed by atoms with Crippen LogP contribution in [0.15, 0.2) is 30.3 Å². The van der Waals surface area contributed by atoms with Gasteiger partial charge in [0.15, 0.2) is 17.3 Å².